The van der Waals surface area contributed by atoms with Crippen molar-refractivity contribution in [1.82, 2.24) is 0 Å². The van der Waals surface area contributed by atoms with Gasteiger partial charge in [0.1, 0.15) is 29.0 Å². The minimum atomic E-state index is -2.13. The number of phenols is 2. The molecule has 5 rings (SSSR count). The van der Waals surface area contributed by atoms with E-state index < -0.39 is 95.0 Å². The highest BCUT2D eigenvalue weighted by molar-refractivity contribution is 6.21. The van der Waals surface area contributed by atoms with Crippen LogP contribution in [0, 0.1) is 24.7 Å². The number of aliphatic carboxylic acids is 1. The van der Waals surface area contributed by atoms with Crippen LogP contribution in [0.2, 0.25) is 0 Å². The molecule has 0 saturated heterocycles. The van der Waals surface area contributed by atoms with E-state index in [9.17, 15) is 49.5 Å². The molecule has 0 fully saturated rings. The summed E-state index contributed by atoms with van der Waals surface area (Å²) < 4.78 is 28.7. The molecule has 16 nitrogen and oxygen atoms in total. The highest BCUT2D eigenvalue weighted by atomic mass is 16.7. The van der Waals surface area contributed by atoms with Gasteiger partial charge in [0.05, 0.1) is 35.1 Å². The van der Waals surface area contributed by atoms with Crippen molar-refractivity contribution >= 4 is 45.9 Å². The Balaban J connectivity index is 1.95. The number of carboxylic acid groups (broad SMARTS) is 1. The van der Waals surface area contributed by atoms with Crippen molar-refractivity contribution < 1.29 is 73.2 Å². The molecule has 5 bridgehead atoms. The summed E-state index contributed by atoms with van der Waals surface area (Å²) in [5, 5.41) is 56.7. The number of ketones is 2. The van der Waals surface area contributed by atoms with Crippen LogP contribution >= 0.6 is 0 Å². The molecule has 298 valence electrons. The number of anilines is 1. The Morgan fingerprint density at radius 3 is 2.27 bits per heavy atom. The molecule has 2 aromatic rings. The zero-order valence-corrected chi connectivity index (χ0v) is 32.0. The molecule has 16 heteroatoms. The van der Waals surface area contributed by atoms with E-state index in [0.717, 1.165) is 18.4 Å². The van der Waals surface area contributed by atoms with Crippen LogP contribution in [0.4, 0.5) is 5.69 Å². The predicted molar refractivity (Wildman–Crippen MR) is 196 cm³/mol. The molecule has 0 spiro atoms. The summed E-state index contributed by atoms with van der Waals surface area (Å²) >= 11 is 0. The fraction of sp³-hybridized carbons (Fsp3) is 0.462. The van der Waals surface area contributed by atoms with Crippen LogP contribution in [0.1, 0.15) is 64.4 Å². The summed E-state index contributed by atoms with van der Waals surface area (Å²) in [6.07, 6.45) is 2.81. The molecule has 55 heavy (non-hydrogen) atoms. The first-order chi connectivity index (χ1) is 25.6. The van der Waals surface area contributed by atoms with Crippen molar-refractivity contribution in [3.8, 4) is 23.0 Å². The van der Waals surface area contributed by atoms with Crippen molar-refractivity contribution in [3.63, 3.8) is 0 Å². The Bertz CT molecular complexity index is 2000. The third-order valence-electron chi connectivity index (χ3n) is 9.99. The van der Waals surface area contributed by atoms with Crippen molar-refractivity contribution in [2.75, 3.05) is 19.0 Å². The minimum Gasteiger partial charge on any atom is -0.507 e. The van der Waals surface area contributed by atoms with Gasteiger partial charge >= 0.3 is 17.7 Å². The molecule has 2 aromatic carbocycles. The first kappa shape index (κ1) is 42.3. The van der Waals surface area contributed by atoms with Gasteiger partial charge in [0.2, 0.25) is 0 Å². The Hall–Kier alpha value is -5.45. The van der Waals surface area contributed by atoms with Crippen LogP contribution in [0.25, 0.3) is 10.8 Å². The smallest absolute Gasteiger partial charge is 0.341 e. The van der Waals surface area contributed by atoms with Crippen LogP contribution in [0.3, 0.4) is 0 Å². The number of amides is 1. The molecule has 0 saturated carbocycles. The predicted octanol–water partition coefficient (Wildman–Crippen LogP) is 3.84. The molecule has 0 unspecified atom stereocenters. The van der Waals surface area contributed by atoms with Crippen molar-refractivity contribution in [2.24, 2.45) is 17.8 Å². The fourth-order valence-corrected chi connectivity index (χ4v) is 6.77. The average Bonchev–Trinajstić information content (AvgIpc) is 3.38. The molecule has 0 radical (unpaired) electrons. The average molecular weight is 770 g/mol. The lowest BCUT2D eigenvalue weighted by molar-refractivity contribution is -0.160. The van der Waals surface area contributed by atoms with E-state index in [-0.39, 0.29) is 44.7 Å². The van der Waals surface area contributed by atoms with Crippen molar-refractivity contribution in [3.05, 3.63) is 53.3 Å². The number of esters is 1. The summed E-state index contributed by atoms with van der Waals surface area (Å²) in [6.45, 7) is 10.2. The molecule has 0 aromatic heterocycles. The molecule has 3 aliphatic heterocycles. The Morgan fingerprint density at radius 2 is 1.67 bits per heavy atom. The number of rotatable bonds is 5. The number of aliphatic hydroxyl groups is 2. The third-order valence-corrected chi connectivity index (χ3v) is 9.99. The summed E-state index contributed by atoms with van der Waals surface area (Å²) in [6, 6.07) is 1.08. The van der Waals surface area contributed by atoms with Gasteiger partial charge in [-0.15, -0.1) is 0 Å². The molecule has 8 atom stereocenters. The number of carboxylic acids is 1. The summed E-state index contributed by atoms with van der Waals surface area (Å²) in [7, 11) is 1.37. The molecule has 6 N–H and O–H groups in total. The summed E-state index contributed by atoms with van der Waals surface area (Å²) in [5.74, 6) is -11.0. The maximum Gasteiger partial charge on any atom is 0.341 e. The number of nitrogens with one attached hydrogen (secondary N) is 1. The highest BCUT2D eigenvalue weighted by Gasteiger charge is 2.50. The third kappa shape index (κ3) is 8.30. The van der Waals surface area contributed by atoms with E-state index in [0.29, 0.717) is 0 Å². The van der Waals surface area contributed by atoms with Crippen molar-refractivity contribution in [1.29, 1.82) is 0 Å². The lowest BCUT2D eigenvalue weighted by atomic mass is 9.78. The summed E-state index contributed by atoms with van der Waals surface area (Å²) in [4.78, 5) is 64.8. The van der Waals surface area contributed by atoms with Gasteiger partial charge in [0.25, 0.3) is 11.7 Å². The lowest BCUT2D eigenvalue weighted by Crippen LogP contribution is -2.48. The molecular formula is C39H47NO15. The number of allylic oxidation sites excluding steroid dienone is 2. The fourth-order valence-electron chi connectivity index (χ4n) is 6.77. The second kappa shape index (κ2) is 16.1. The molecule has 1 amide bonds. The standard InChI is InChI=1S/C39H47NO15/c1-17-11-10-13-38(7,50)35(47)21(5)30(44)19(3)33(54-22(6)41)18(2)24(51-9)12-14-53-39(8)36(48)29-27-25(52-16-26(42)43)15-23(40-37(17)49)32(46)28(27)31(45)20(4)34(29)55-39/h10-15,18-19,21,24,30,33,44-46,50H,16H2,1-9H3,(H,40,49)(H,42,43)/t18-,19-,21-,24-,30+,33-,38+,39+/m1/s1. The zero-order valence-electron chi connectivity index (χ0n) is 32.0. The monoisotopic (exact) mass is 769 g/mol. The SMILES string of the molecule is CO[C@@H]1C=CO[C@@]2(C)Oc3c(C)c(O)c4c(O)c(cc(OCC(=O)O)c4c3C2=O)NC(=O)C(C)=CC=C[C@](C)(O)C(=O)[C@H](C)[C@@H](O)[C@@H](C)[C@H](OC(C)=O)[C@@H]1C. The normalized spacial score (nSPS) is 29.1. The molecule has 3 aliphatic rings. The van der Waals surface area contributed by atoms with Gasteiger partial charge in [-0.25, -0.2) is 4.79 Å². The van der Waals surface area contributed by atoms with E-state index >= 15 is 0 Å². The quantitative estimate of drug-likeness (QED) is 0.187. The van der Waals surface area contributed by atoms with Gasteiger partial charge in [-0.2, -0.15) is 0 Å². The first-order valence-corrected chi connectivity index (χ1v) is 17.4. The second-order valence-electron chi connectivity index (χ2n) is 14.2. The van der Waals surface area contributed by atoms with E-state index in [1.165, 1.54) is 66.9 Å². The number of aromatic hydroxyl groups is 2. The van der Waals surface area contributed by atoms with Crippen LogP contribution in [-0.2, 0) is 33.4 Å². The van der Waals surface area contributed by atoms with Gasteiger partial charge in [-0.1, -0.05) is 32.9 Å². The number of aliphatic hydroxyl groups excluding tert-OH is 1. The van der Waals surface area contributed by atoms with E-state index in [1.807, 2.05) is 0 Å². The topological polar surface area (TPSA) is 245 Å². The Morgan fingerprint density at radius 1 is 1.02 bits per heavy atom. The number of ether oxygens (including phenoxy) is 5. The van der Waals surface area contributed by atoms with Gasteiger partial charge in [0, 0.05) is 61.3 Å². The van der Waals surface area contributed by atoms with Crippen LogP contribution in [0.5, 0.6) is 23.0 Å². The van der Waals surface area contributed by atoms with E-state index in [1.54, 1.807) is 13.8 Å². The molecule has 3 heterocycles. The number of hydrogen-bond donors (Lipinski definition) is 6. The number of methoxy groups -OCH3 is 1. The van der Waals surface area contributed by atoms with E-state index in [4.69, 9.17) is 23.7 Å². The van der Waals surface area contributed by atoms with Crippen LogP contribution in [-0.4, -0.2) is 98.4 Å². The number of carbonyl (C=O) groups excluding carboxylic acids is 4. The van der Waals surface area contributed by atoms with Gasteiger partial charge in [-0.05, 0) is 32.9 Å². The van der Waals surface area contributed by atoms with Crippen LogP contribution < -0.4 is 14.8 Å². The minimum absolute atomic E-state index is 0.00200. The number of benzene rings is 2. The number of carbonyl (C=O) groups is 5. The number of Topliss-reactive ketones (excluding diaryl/α,β-unsaturated/α-hetero) is 2. The largest absolute Gasteiger partial charge is 0.507 e. The Kier molecular flexibility index (Phi) is 12.4. The lowest BCUT2D eigenvalue weighted by Gasteiger charge is -2.37. The Labute approximate surface area is 317 Å². The number of hydrogen-bond acceptors (Lipinski definition) is 14. The number of fused-ring (bicyclic) bond motifs is 14. The first-order valence-electron chi connectivity index (χ1n) is 17.4. The maximum absolute atomic E-state index is 14.2. The molecular weight excluding hydrogens is 722 g/mol. The van der Waals surface area contributed by atoms with Gasteiger partial charge in [-0.3, -0.25) is 19.2 Å². The number of phenolic OH excluding ortho intramolecular Hbond substituents is 2. The van der Waals surface area contributed by atoms with Gasteiger partial charge < -0.3 is 54.5 Å². The second-order valence-corrected chi connectivity index (χ2v) is 14.2. The highest BCUT2D eigenvalue weighted by Crippen LogP contribution is 2.54. The zero-order chi connectivity index (χ0) is 41.3. The summed E-state index contributed by atoms with van der Waals surface area (Å²) in [5.41, 5.74) is -2.66. The van der Waals surface area contributed by atoms with Crippen LogP contribution in [0.15, 0.2) is 42.2 Å². The van der Waals surface area contributed by atoms with Gasteiger partial charge in [0.15, 0.2) is 18.1 Å². The van der Waals surface area contributed by atoms with Crippen molar-refractivity contribution in [2.45, 2.75) is 85.1 Å². The van der Waals surface area contributed by atoms with E-state index in [2.05, 4.69) is 5.32 Å². The molecule has 0 aliphatic carbocycles. The maximum atomic E-state index is 14.2.